The second-order valence-electron chi connectivity index (χ2n) is 7.97. The molecule has 0 unspecified atom stereocenters. The number of hydrogen-bond donors (Lipinski definition) is 1. The molecule has 1 fully saturated rings. The van der Waals surface area contributed by atoms with Gasteiger partial charge in [-0.1, -0.05) is 6.07 Å². The van der Waals surface area contributed by atoms with E-state index in [1.165, 1.54) is 12.5 Å². The molecule has 1 N–H and O–H groups in total. The number of hydrogen-bond acceptors (Lipinski definition) is 5. The predicted molar refractivity (Wildman–Crippen MR) is 126 cm³/mol. The minimum Gasteiger partial charge on any atom is -0.371 e. The molecule has 1 aliphatic heterocycles. The Balaban J connectivity index is 1.92. The largest absolute Gasteiger partial charge is 0.371 e. The normalized spacial score (nSPS) is 13.5. The lowest BCUT2D eigenvalue weighted by Gasteiger charge is -2.31. The first-order valence-electron chi connectivity index (χ1n) is 11.1. The van der Waals surface area contributed by atoms with Crippen LogP contribution in [0.25, 0.3) is 0 Å². The Morgan fingerprint density at radius 3 is 2.38 bits per heavy atom. The summed E-state index contributed by atoms with van der Waals surface area (Å²) in [5.74, 6) is -0.530. The van der Waals surface area contributed by atoms with Gasteiger partial charge in [-0.2, -0.15) is 0 Å². The summed E-state index contributed by atoms with van der Waals surface area (Å²) in [6.45, 7) is 8.51. The first-order valence-corrected chi connectivity index (χ1v) is 11.1. The topological polar surface area (TPSA) is 95.8 Å². The van der Waals surface area contributed by atoms with E-state index in [4.69, 9.17) is 0 Å². The first-order chi connectivity index (χ1) is 15.3. The average molecular weight is 439 g/mol. The van der Waals surface area contributed by atoms with Crippen LogP contribution in [0.3, 0.4) is 0 Å². The van der Waals surface area contributed by atoms with Crippen molar-refractivity contribution in [3.05, 3.63) is 63.2 Å². The molecule has 1 aliphatic rings. The summed E-state index contributed by atoms with van der Waals surface area (Å²) in [4.78, 5) is 40.7. The number of carbonyl (C=O) groups excluding carboxylic acids is 2. The van der Waals surface area contributed by atoms with Gasteiger partial charge in [0.2, 0.25) is 0 Å². The van der Waals surface area contributed by atoms with E-state index >= 15 is 0 Å². The molecule has 2 aromatic rings. The summed E-state index contributed by atoms with van der Waals surface area (Å²) in [5.41, 5.74) is 2.50. The van der Waals surface area contributed by atoms with Crippen LogP contribution in [0.1, 0.15) is 59.4 Å². The van der Waals surface area contributed by atoms with Crippen LogP contribution in [0.4, 0.5) is 17.1 Å². The molecule has 8 heteroatoms. The molecule has 1 heterocycles. The van der Waals surface area contributed by atoms with Crippen LogP contribution in [-0.4, -0.2) is 47.8 Å². The quantitative estimate of drug-likeness (QED) is 0.502. The summed E-state index contributed by atoms with van der Waals surface area (Å²) in [5, 5.41) is 14.0. The maximum absolute atomic E-state index is 13.2. The second kappa shape index (κ2) is 10.3. The Labute approximate surface area is 188 Å². The van der Waals surface area contributed by atoms with Crippen LogP contribution in [0.15, 0.2) is 36.4 Å². The van der Waals surface area contributed by atoms with Crippen LogP contribution < -0.4 is 10.2 Å². The molecule has 0 atom stereocenters. The molecular weight excluding hydrogens is 408 g/mol. The zero-order valence-corrected chi connectivity index (χ0v) is 18.9. The molecule has 2 aromatic carbocycles. The lowest BCUT2D eigenvalue weighted by atomic mass is 10.0. The van der Waals surface area contributed by atoms with Crippen LogP contribution in [0.5, 0.6) is 0 Å². The van der Waals surface area contributed by atoms with E-state index in [9.17, 15) is 19.7 Å². The first kappa shape index (κ1) is 23.2. The van der Waals surface area contributed by atoms with E-state index in [1.807, 2.05) is 19.9 Å². The minimum absolute atomic E-state index is 0.0716. The van der Waals surface area contributed by atoms with Crippen LogP contribution in [0, 0.1) is 17.0 Å². The number of nitro benzene ring substituents is 1. The van der Waals surface area contributed by atoms with E-state index in [0.29, 0.717) is 29.9 Å². The summed E-state index contributed by atoms with van der Waals surface area (Å²) in [6, 6.07) is 9.77. The van der Waals surface area contributed by atoms with Crippen molar-refractivity contribution in [2.24, 2.45) is 0 Å². The summed E-state index contributed by atoms with van der Waals surface area (Å²) in [7, 11) is 0. The second-order valence-corrected chi connectivity index (χ2v) is 7.97. The van der Waals surface area contributed by atoms with Crippen molar-refractivity contribution in [3.63, 3.8) is 0 Å². The fraction of sp³-hybridized carbons (Fsp3) is 0.417. The lowest BCUT2D eigenvalue weighted by Crippen LogP contribution is -2.35. The number of amides is 2. The molecule has 0 aliphatic carbocycles. The Morgan fingerprint density at radius 2 is 1.75 bits per heavy atom. The maximum atomic E-state index is 13.2. The van der Waals surface area contributed by atoms with Gasteiger partial charge in [-0.25, -0.2) is 0 Å². The summed E-state index contributed by atoms with van der Waals surface area (Å²) in [6.07, 6.45) is 3.36. The van der Waals surface area contributed by atoms with Gasteiger partial charge in [0.05, 0.1) is 10.5 Å². The Kier molecular flexibility index (Phi) is 7.45. The number of benzene rings is 2. The summed E-state index contributed by atoms with van der Waals surface area (Å²) < 4.78 is 0. The number of aryl methyl sites for hydroxylation is 1. The van der Waals surface area contributed by atoms with Crippen molar-refractivity contribution in [1.82, 2.24) is 4.90 Å². The van der Waals surface area contributed by atoms with Gasteiger partial charge < -0.3 is 15.1 Å². The van der Waals surface area contributed by atoms with Crippen LogP contribution >= 0.6 is 0 Å². The van der Waals surface area contributed by atoms with E-state index in [-0.39, 0.29) is 17.2 Å². The number of anilines is 2. The van der Waals surface area contributed by atoms with Crippen molar-refractivity contribution < 1.29 is 14.5 Å². The van der Waals surface area contributed by atoms with E-state index in [1.54, 1.807) is 36.1 Å². The standard InChI is InChI=1S/C24H30N4O4/c1-4-26(5-2)24(30)20-16-19(11-12-21(20)27-13-7-6-8-14-27)25-23(29)18-10-9-17(3)22(15-18)28(31)32/h9-12,15-16H,4-8,13-14H2,1-3H3,(H,25,29). The zero-order valence-electron chi connectivity index (χ0n) is 18.9. The fourth-order valence-corrected chi connectivity index (χ4v) is 4.03. The molecule has 1 saturated heterocycles. The Bertz CT molecular complexity index is 1010. The molecule has 0 spiro atoms. The molecular formula is C24H30N4O4. The van der Waals surface area contributed by atoms with Crippen molar-refractivity contribution in [2.45, 2.75) is 40.0 Å². The molecule has 32 heavy (non-hydrogen) atoms. The van der Waals surface area contributed by atoms with Gasteiger partial charge in [0.15, 0.2) is 0 Å². The highest BCUT2D eigenvalue weighted by Gasteiger charge is 2.23. The third-order valence-corrected chi connectivity index (χ3v) is 5.90. The predicted octanol–water partition coefficient (Wildman–Crippen LogP) is 4.63. The fourth-order valence-electron chi connectivity index (χ4n) is 4.03. The highest BCUT2D eigenvalue weighted by Crippen LogP contribution is 2.29. The van der Waals surface area contributed by atoms with Crippen molar-refractivity contribution >= 4 is 28.9 Å². The molecule has 170 valence electrons. The van der Waals surface area contributed by atoms with Crippen molar-refractivity contribution in [1.29, 1.82) is 0 Å². The van der Waals surface area contributed by atoms with Crippen molar-refractivity contribution in [2.75, 3.05) is 36.4 Å². The van der Waals surface area contributed by atoms with Gasteiger partial charge in [-0.15, -0.1) is 0 Å². The van der Waals surface area contributed by atoms with Gasteiger partial charge in [0.1, 0.15) is 0 Å². The summed E-state index contributed by atoms with van der Waals surface area (Å²) >= 11 is 0. The molecule has 8 nitrogen and oxygen atoms in total. The van der Waals surface area contributed by atoms with Gasteiger partial charge in [-0.05, 0) is 64.3 Å². The van der Waals surface area contributed by atoms with Crippen molar-refractivity contribution in [3.8, 4) is 0 Å². The SMILES string of the molecule is CCN(CC)C(=O)c1cc(NC(=O)c2ccc(C)c([N+](=O)[O-])c2)ccc1N1CCCCC1. The van der Waals surface area contributed by atoms with Crippen LogP contribution in [-0.2, 0) is 0 Å². The van der Waals surface area contributed by atoms with E-state index in [2.05, 4.69) is 10.2 Å². The Hall–Kier alpha value is -3.42. The molecule has 0 saturated carbocycles. The zero-order chi connectivity index (χ0) is 23.3. The van der Waals surface area contributed by atoms with E-state index < -0.39 is 10.8 Å². The lowest BCUT2D eigenvalue weighted by molar-refractivity contribution is -0.385. The molecule has 3 rings (SSSR count). The average Bonchev–Trinajstić information content (AvgIpc) is 2.80. The number of carbonyl (C=O) groups is 2. The number of piperidine rings is 1. The van der Waals surface area contributed by atoms with Crippen LogP contribution in [0.2, 0.25) is 0 Å². The number of nitrogens with zero attached hydrogens (tertiary/aromatic N) is 3. The van der Waals surface area contributed by atoms with E-state index in [0.717, 1.165) is 31.6 Å². The molecule has 0 aromatic heterocycles. The minimum atomic E-state index is -0.500. The monoisotopic (exact) mass is 438 g/mol. The maximum Gasteiger partial charge on any atom is 0.273 e. The smallest absolute Gasteiger partial charge is 0.273 e. The number of nitrogens with one attached hydrogen (secondary N) is 1. The van der Waals surface area contributed by atoms with Gasteiger partial charge in [0.25, 0.3) is 17.5 Å². The van der Waals surface area contributed by atoms with Gasteiger partial charge in [0, 0.05) is 54.7 Å². The Morgan fingerprint density at radius 1 is 1.06 bits per heavy atom. The third-order valence-electron chi connectivity index (χ3n) is 5.90. The highest BCUT2D eigenvalue weighted by atomic mass is 16.6. The van der Waals surface area contributed by atoms with Gasteiger partial charge >= 0.3 is 0 Å². The number of nitro groups is 1. The third kappa shape index (κ3) is 5.07. The highest BCUT2D eigenvalue weighted by molar-refractivity contribution is 6.06. The molecule has 0 radical (unpaired) electrons. The molecule has 0 bridgehead atoms. The molecule has 2 amide bonds. The number of rotatable bonds is 7. The van der Waals surface area contributed by atoms with Gasteiger partial charge in [-0.3, -0.25) is 19.7 Å².